The number of carbonyl (C=O) groups excluding carboxylic acids is 1. The number of hydrogen-bond donors (Lipinski definition) is 3. The van der Waals surface area contributed by atoms with Crippen molar-refractivity contribution in [1.29, 1.82) is 0 Å². The number of likely N-dealkylation sites (tertiary alicyclic amines) is 1. The highest BCUT2D eigenvalue weighted by molar-refractivity contribution is 6.11. The average molecular weight is 450 g/mol. The van der Waals surface area contributed by atoms with Gasteiger partial charge in [0, 0.05) is 42.9 Å². The van der Waals surface area contributed by atoms with E-state index in [1.807, 2.05) is 24.3 Å². The van der Waals surface area contributed by atoms with Crippen LogP contribution in [0.1, 0.15) is 22.5 Å². The minimum atomic E-state index is -2.63. The number of aromatic nitrogens is 5. The molecule has 0 bridgehead atoms. The van der Waals surface area contributed by atoms with E-state index < -0.39 is 11.8 Å². The SMILES string of the molecule is Nc1ncc(NC(=O)c2n[nH]c3ccc(-c4cncc(CN5CCC(F)(F)C5)c4)cc23)cn1. The Bertz CT molecular complexity index is 1320. The molecule has 0 aliphatic carbocycles. The quantitative estimate of drug-likeness (QED) is 0.427. The summed E-state index contributed by atoms with van der Waals surface area (Å²) in [5, 5.41) is 10.3. The van der Waals surface area contributed by atoms with Gasteiger partial charge in [0.2, 0.25) is 5.95 Å². The lowest BCUT2D eigenvalue weighted by molar-refractivity contribution is 0.0115. The van der Waals surface area contributed by atoms with Gasteiger partial charge >= 0.3 is 0 Å². The van der Waals surface area contributed by atoms with Crippen molar-refractivity contribution < 1.29 is 13.6 Å². The molecule has 0 spiro atoms. The van der Waals surface area contributed by atoms with E-state index in [2.05, 4.69) is 30.5 Å². The number of rotatable bonds is 5. The maximum absolute atomic E-state index is 13.5. The highest BCUT2D eigenvalue weighted by Gasteiger charge is 2.37. The molecule has 1 fully saturated rings. The minimum absolute atomic E-state index is 0.108. The summed E-state index contributed by atoms with van der Waals surface area (Å²) in [6, 6.07) is 7.49. The number of benzene rings is 1. The van der Waals surface area contributed by atoms with E-state index in [0.717, 1.165) is 16.7 Å². The van der Waals surface area contributed by atoms with Crippen LogP contribution in [0.3, 0.4) is 0 Å². The standard InChI is InChI=1S/C22H20F2N8O/c23-22(24)3-4-32(12-22)11-13-5-15(8-26-7-13)14-1-2-18-17(6-14)19(31-30-18)20(33)29-16-9-27-21(25)28-10-16/h1-2,5-10H,3-4,11-12H2,(H,29,33)(H,30,31)(H2,25,27,28). The minimum Gasteiger partial charge on any atom is -0.368 e. The third kappa shape index (κ3) is 4.48. The Morgan fingerprint density at radius 1 is 1.15 bits per heavy atom. The Hall–Kier alpha value is -3.99. The van der Waals surface area contributed by atoms with Crippen molar-refractivity contribution in [3.8, 4) is 11.1 Å². The monoisotopic (exact) mass is 450 g/mol. The fourth-order valence-electron chi connectivity index (χ4n) is 3.89. The number of pyridine rings is 1. The molecular weight excluding hydrogens is 430 g/mol. The number of anilines is 2. The molecule has 4 aromatic rings. The first-order valence-corrected chi connectivity index (χ1v) is 10.3. The van der Waals surface area contributed by atoms with Crippen molar-refractivity contribution in [2.45, 2.75) is 18.9 Å². The molecule has 5 rings (SSSR count). The molecule has 9 nitrogen and oxygen atoms in total. The Balaban J connectivity index is 1.39. The molecule has 0 atom stereocenters. The van der Waals surface area contributed by atoms with E-state index in [9.17, 15) is 13.6 Å². The van der Waals surface area contributed by atoms with Gasteiger partial charge in [-0.3, -0.25) is 19.8 Å². The highest BCUT2D eigenvalue weighted by atomic mass is 19.3. The number of nitrogens with two attached hydrogens (primary N) is 1. The average Bonchev–Trinajstić information content (AvgIpc) is 3.37. The van der Waals surface area contributed by atoms with Gasteiger partial charge < -0.3 is 11.1 Å². The summed E-state index contributed by atoms with van der Waals surface area (Å²) in [6.45, 7) is 0.521. The fourth-order valence-corrected chi connectivity index (χ4v) is 3.89. The van der Waals surface area contributed by atoms with Gasteiger partial charge in [-0.2, -0.15) is 5.10 Å². The molecular formula is C22H20F2N8O. The summed E-state index contributed by atoms with van der Waals surface area (Å²) >= 11 is 0. The van der Waals surface area contributed by atoms with Crippen LogP contribution in [0.5, 0.6) is 0 Å². The molecule has 3 aromatic heterocycles. The van der Waals surface area contributed by atoms with E-state index in [4.69, 9.17) is 5.73 Å². The molecule has 11 heteroatoms. The lowest BCUT2D eigenvalue weighted by Gasteiger charge is -2.15. The van der Waals surface area contributed by atoms with Gasteiger partial charge in [0.05, 0.1) is 30.1 Å². The largest absolute Gasteiger partial charge is 0.368 e. The zero-order valence-corrected chi connectivity index (χ0v) is 17.4. The second-order valence-corrected chi connectivity index (χ2v) is 8.02. The second kappa shape index (κ2) is 8.17. The van der Waals surface area contributed by atoms with Gasteiger partial charge in [-0.15, -0.1) is 0 Å². The molecule has 1 aliphatic rings. The smallest absolute Gasteiger partial charge is 0.276 e. The van der Waals surface area contributed by atoms with Crippen LogP contribution in [0.2, 0.25) is 0 Å². The van der Waals surface area contributed by atoms with Crippen LogP contribution >= 0.6 is 0 Å². The predicted octanol–water partition coefficient (Wildman–Crippen LogP) is 3.09. The van der Waals surface area contributed by atoms with Crippen molar-refractivity contribution in [3.05, 3.63) is 60.3 Å². The Morgan fingerprint density at radius 3 is 2.73 bits per heavy atom. The van der Waals surface area contributed by atoms with Gasteiger partial charge in [-0.05, 0) is 29.3 Å². The molecule has 4 heterocycles. The fraction of sp³-hybridized carbons (Fsp3) is 0.227. The van der Waals surface area contributed by atoms with Crippen molar-refractivity contribution in [2.75, 3.05) is 24.1 Å². The number of amides is 1. The summed E-state index contributed by atoms with van der Waals surface area (Å²) in [7, 11) is 0. The number of H-pyrrole nitrogens is 1. The number of carbonyl (C=O) groups is 1. The van der Waals surface area contributed by atoms with E-state index in [-0.39, 0.29) is 24.6 Å². The number of halogens is 2. The Kier molecular flexibility index (Phi) is 5.17. The third-order valence-electron chi connectivity index (χ3n) is 5.49. The predicted molar refractivity (Wildman–Crippen MR) is 119 cm³/mol. The zero-order chi connectivity index (χ0) is 23.0. The summed E-state index contributed by atoms with van der Waals surface area (Å²) in [5.74, 6) is -2.95. The summed E-state index contributed by atoms with van der Waals surface area (Å²) in [6.07, 6.45) is 6.09. The van der Waals surface area contributed by atoms with Gasteiger partial charge in [0.1, 0.15) is 0 Å². The summed E-state index contributed by atoms with van der Waals surface area (Å²) in [5.41, 5.74) is 9.27. The Labute approximate surface area is 187 Å². The van der Waals surface area contributed by atoms with Crippen LogP contribution in [0.15, 0.2) is 49.1 Å². The van der Waals surface area contributed by atoms with Crippen molar-refractivity contribution >= 4 is 28.4 Å². The molecule has 1 amide bonds. The molecule has 0 unspecified atom stereocenters. The zero-order valence-electron chi connectivity index (χ0n) is 17.4. The first-order chi connectivity index (χ1) is 15.9. The van der Waals surface area contributed by atoms with Gasteiger partial charge in [-0.25, -0.2) is 18.7 Å². The number of aromatic amines is 1. The van der Waals surface area contributed by atoms with Crippen LogP contribution in [-0.2, 0) is 6.54 Å². The molecule has 1 aromatic carbocycles. The topological polar surface area (TPSA) is 126 Å². The van der Waals surface area contributed by atoms with Crippen molar-refractivity contribution in [2.24, 2.45) is 0 Å². The van der Waals surface area contributed by atoms with Crippen molar-refractivity contribution in [1.82, 2.24) is 30.0 Å². The normalized spacial score (nSPS) is 15.7. The van der Waals surface area contributed by atoms with E-state index in [1.54, 1.807) is 17.3 Å². The molecule has 4 N–H and O–H groups in total. The van der Waals surface area contributed by atoms with Gasteiger partial charge in [-0.1, -0.05) is 6.07 Å². The van der Waals surface area contributed by atoms with E-state index >= 15 is 0 Å². The number of fused-ring (bicyclic) bond motifs is 1. The molecule has 0 saturated carbocycles. The molecule has 33 heavy (non-hydrogen) atoms. The number of alkyl halides is 2. The van der Waals surface area contributed by atoms with Crippen LogP contribution < -0.4 is 11.1 Å². The van der Waals surface area contributed by atoms with Gasteiger partial charge in [0.15, 0.2) is 5.69 Å². The molecule has 0 radical (unpaired) electrons. The second-order valence-electron chi connectivity index (χ2n) is 8.02. The summed E-state index contributed by atoms with van der Waals surface area (Å²) in [4.78, 5) is 26.5. The molecule has 1 saturated heterocycles. The van der Waals surface area contributed by atoms with Gasteiger partial charge in [0.25, 0.3) is 11.8 Å². The third-order valence-corrected chi connectivity index (χ3v) is 5.49. The maximum Gasteiger partial charge on any atom is 0.276 e. The maximum atomic E-state index is 13.5. The molecule has 1 aliphatic heterocycles. The number of hydrogen-bond acceptors (Lipinski definition) is 7. The first kappa shape index (κ1) is 20.9. The summed E-state index contributed by atoms with van der Waals surface area (Å²) < 4.78 is 27.0. The number of nitrogen functional groups attached to an aromatic ring is 1. The lowest BCUT2D eigenvalue weighted by Crippen LogP contribution is -2.24. The van der Waals surface area contributed by atoms with Crippen LogP contribution in [0, 0.1) is 0 Å². The number of nitrogens with one attached hydrogen (secondary N) is 2. The number of nitrogens with zero attached hydrogens (tertiary/aromatic N) is 5. The highest BCUT2D eigenvalue weighted by Crippen LogP contribution is 2.29. The first-order valence-electron chi connectivity index (χ1n) is 10.3. The van der Waals surface area contributed by atoms with Crippen molar-refractivity contribution in [3.63, 3.8) is 0 Å². The Morgan fingerprint density at radius 2 is 1.97 bits per heavy atom. The molecule has 168 valence electrons. The van der Waals surface area contributed by atoms with E-state index in [0.29, 0.717) is 29.7 Å². The lowest BCUT2D eigenvalue weighted by atomic mass is 10.0. The van der Waals surface area contributed by atoms with E-state index in [1.165, 1.54) is 12.4 Å². The van der Waals surface area contributed by atoms with Crippen LogP contribution in [0.25, 0.3) is 22.0 Å². The van der Waals surface area contributed by atoms with Crippen LogP contribution in [-0.4, -0.2) is 55.0 Å². The van der Waals surface area contributed by atoms with Crippen LogP contribution in [0.4, 0.5) is 20.4 Å².